The normalized spacial score (nSPS) is 17.9. The molecule has 0 aromatic carbocycles. The molecule has 0 N–H and O–H groups in total. The van der Waals surface area contributed by atoms with Gasteiger partial charge in [0.15, 0.2) is 0 Å². The van der Waals surface area contributed by atoms with Crippen LogP contribution in [0.15, 0.2) is 12.4 Å². The Morgan fingerprint density at radius 2 is 1.86 bits per heavy atom. The molecule has 1 aliphatic rings. The molecule has 122 valence electrons. The molecule has 1 aromatic rings. The third kappa shape index (κ3) is 3.97. The second kappa shape index (κ2) is 6.15. The monoisotopic (exact) mass is 323 g/mol. The van der Waals surface area contributed by atoms with E-state index in [4.69, 9.17) is 11.6 Å². The van der Waals surface area contributed by atoms with Crippen molar-refractivity contribution in [2.45, 2.75) is 65.5 Å². The molecule has 5 heteroatoms. The van der Waals surface area contributed by atoms with Crippen molar-refractivity contribution in [1.82, 2.24) is 14.9 Å². The van der Waals surface area contributed by atoms with Crippen LogP contribution in [-0.2, 0) is 16.8 Å². The minimum Gasteiger partial charge on any atom is -0.334 e. The van der Waals surface area contributed by atoms with E-state index in [9.17, 15) is 4.79 Å². The Morgan fingerprint density at radius 3 is 2.27 bits per heavy atom. The number of hydrogen-bond acceptors (Lipinski definition) is 3. The molecule has 0 radical (unpaired) electrons. The van der Waals surface area contributed by atoms with Gasteiger partial charge in [-0.2, -0.15) is 0 Å². The van der Waals surface area contributed by atoms with E-state index >= 15 is 0 Å². The van der Waals surface area contributed by atoms with Crippen molar-refractivity contribution in [3.63, 3.8) is 0 Å². The number of alkyl halides is 1. The Hall–Kier alpha value is -1.16. The first kappa shape index (κ1) is 17.2. The smallest absolute Gasteiger partial charge is 0.238 e. The molecule has 1 saturated carbocycles. The fourth-order valence-corrected chi connectivity index (χ4v) is 3.11. The number of hydrogen-bond donors (Lipinski definition) is 0. The molecule has 0 spiro atoms. The molecule has 0 bridgehead atoms. The van der Waals surface area contributed by atoms with Crippen LogP contribution in [-0.4, -0.2) is 32.7 Å². The van der Waals surface area contributed by atoms with Crippen LogP contribution in [0.1, 0.15) is 58.8 Å². The Balaban J connectivity index is 2.09. The first-order chi connectivity index (χ1) is 10.1. The molecule has 0 aliphatic heterocycles. The summed E-state index contributed by atoms with van der Waals surface area (Å²) in [6.07, 6.45) is 5.70. The summed E-state index contributed by atoms with van der Waals surface area (Å²) in [7, 11) is 0. The number of halogens is 1. The van der Waals surface area contributed by atoms with Gasteiger partial charge in [0.1, 0.15) is 11.7 Å². The second-order valence-corrected chi connectivity index (χ2v) is 8.31. The summed E-state index contributed by atoms with van der Waals surface area (Å²) >= 11 is 5.77. The Kier molecular flexibility index (Phi) is 4.81. The van der Waals surface area contributed by atoms with Crippen molar-refractivity contribution in [2.24, 2.45) is 5.41 Å². The molecule has 2 rings (SSSR count). The maximum atomic E-state index is 12.1. The lowest BCUT2D eigenvalue weighted by Gasteiger charge is -2.48. The SMILES string of the molecule is CC1(C)CC(N(Cc2cnc(C(C)(C)C)nc2)C(=O)CCl)C1. The highest BCUT2D eigenvalue weighted by Crippen LogP contribution is 2.43. The van der Waals surface area contributed by atoms with E-state index in [0.717, 1.165) is 24.2 Å². The van der Waals surface area contributed by atoms with Crippen LogP contribution in [0.4, 0.5) is 0 Å². The standard InChI is InChI=1S/C17H26ClN3O/c1-16(2,3)15-19-9-12(10-20-15)11-21(14(22)8-18)13-6-17(4,5)7-13/h9-10,13H,6-8,11H2,1-5H3. The third-order valence-electron chi connectivity index (χ3n) is 4.18. The summed E-state index contributed by atoms with van der Waals surface area (Å²) in [5.74, 6) is 0.830. The van der Waals surface area contributed by atoms with Gasteiger partial charge in [-0.1, -0.05) is 34.6 Å². The van der Waals surface area contributed by atoms with E-state index in [1.807, 2.05) is 17.3 Å². The molecule has 0 saturated heterocycles. The Labute approximate surface area is 138 Å². The lowest BCUT2D eigenvalue weighted by atomic mass is 9.68. The van der Waals surface area contributed by atoms with Crippen LogP contribution in [0.25, 0.3) is 0 Å². The topological polar surface area (TPSA) is 46.1 Å². The van der Waals surface area contributed by atoms with Gasteiger partial charge in [0.05, 0.1) is 0 Å². The first-order valence-electron chi connectivity index (χ1n) is 7.79. The molecule has 22 heavy (non-hydrogen) atoms. The van der Waals surface area contributed by atoms with Crippen LogP contribution in [0.2, 0.25) is 0 Å². The van der Waals surface area contributed by atoms with Crippen molar-refractivity contribution < 1.29 is 4.79 Å². The Bertz CT molecular complexity index is 526. The van der Waals surface area contributed by atoms with Gasteiger partial charge in [-0.15, -0.1) is 11.6 Å². The summed E-state index contributed by atoms with van der Waals surface area (Å²) in [5, 5.41) is 0. The minimum atomic E-state index is -0.0673. The molecule has 0 atom stereocenters. The van der Waals surface area contributed by atoms with E-state index in [-0.39, 0.29) is 23.2 Å². The number of amides is 1. The zero-order valence-corrected chi connectivity index (χ0v) is 14.9. The van der Waals surface area contributed by atoms with Gasteiger partial charge in [-0.25, -0.2) is 9.97 Å². The molecule has 1 heterocycles. The van der Waals surface area contributed by atoms with Gasteiger partial charge in [-0.05, 0) is 18.3 Å². The van der Waals surface area contributed by atoms with Crippen LogP contribution in [0.3, 0.4) is 0 Å². The highest BCUT2D eigenvalue weighted by atomic mass is 35.5. The van der Waals surface area contributed by atoms with Crippen LogP contribution < -0.4 is 0 Å². The van der Waals surface area contributed by atoms with Crippen molar-refractivity contribution in [2.75, 3.05) is 5.88 Å². The molecule has 0 unspecified atom stereocenters. The van der Waals surface area contributed by atoms with E-state index in [2.05, 4.69) is 44.6 Å². The van der Waals surface area contributed by atoms with Crippen LogP contribution >= 0.6 is 11.6 Å². The van der Waals surface area contributed by atoms with Crippen molar-refractivity contribution >= 4 is 17.5 Å². The van der Waals surface area contributed by atoms with Gasteiger partial charge in [0.2, 0.25) is 5.91 Å². The van der Waals surface area contributed by atoms with E-state index < -0.39 is 0 Å². The molecule has 4 nitrogen and oxygen atoms in total. The summed E-state index contributed by atoms with van der Waals surface area (Å²) in [5.41, 5.74) is 1.21. The largest absolute Gasteiger partial charge is 0.334 e. The highest BCUT2D eigenvalue weighted by molar-refractivity contribution is 6.27. The fraction of sp³-hybridized carbons (Fsp3) is 0.706. The molecular formula is C17H26ClN3O. The highest BCUT2D eigenvalue weighted by Gasteiger charge is 2.41. The molecular weight excluding hydrogens is 298 g/mol. The van der Waals surface area contributed by atoms with Gasteiger partial charge in [-0.3, -0.25) is 4.79 Å². The van der Waals surface area contributed by atoms with Crippen LogP contribution in [0, 0.1) is 5.41 Å². The molecule has 1 aliphatic carbocycles. The maximum absolute atomic E-state index is 12.1. The maximum Gasteiger partial charge on any atom is 0.238 e. The summed E-state index contributed by atoms with van der Waals surface area (Å²) < 4.78 is 0. The van der Waals surface area contributed by atoms with Gasteiger partial charge < -0.3 is 4.90 Å². The lowest BCUT2D eigenvalue weighted by Crippen LogP contribution is -2.51. The second-order valence-electron chi connectivity index (χ2n) is 8.05. The summed E-state index contributed by atoms with van der Waals surface area (Å²) in [6.45, 7) is 11.3. The third-order valence-corrected chi connectivity index (χ3v) is 4.41. The van der Waals surface area contributed by atoms with Crippen molar-refractivity contribution in [1.29, 1.82) is 0 Å². The molecule has 1 fully saturated rings. The summed E-state index contributed by atoms with van der Waals surface area (Å²) in [6, 6.07) is 0.281. The first-order valence-corrected chi connectivity index (χ1v) is 8.33. The van der Waals surface area contributed by atoms with Crippen molar-refractivity contribution in [3.8, 4) is 0 Å². The van der Waals surface area contributed by atoms with E-state index in [1.54, 1.807) is 0 Å². The number of carbonyl (C=O) groups is 1. The Morgan fingerprint density at radius 1 is 1.32 bits per heavy atom. The zero-order valence-electron chi connectivity index (χ0n) is 14.2. The average Bonchev–Trinajstić information content (AvgIpc) is 2.41. The van der Waals surface area contributed by atoms with Gasteiger partial charge >= 0.3 is 0 Å². The summed E-state index contributed by atoms with van der Waals surface area (Å²) in [4.78, 5) is 22.9. The zero-order chi connectivity index (χ0) is 16.5. The number of nitrogens with zero attached hydrogens (tertiary/aromatic N) is 3. The molecule has 1 amide bonds. The van der Waals surface area contributed by atoms with E-state index in [1.165, 1.54) is 0 Å². The molecule has 1 aromatic heterocycles. The average molecular weight is 324 g/mol. The predicted molar refractivity (Wildman–Crippen MR) is 88.8 cm³/mol. The van der Waals surface area contributed by atoms with Crippen LogP contribution in [0.5, 0.6) is 0 Å². The lowest BCUT2D eigenvalue weighted by molar-refractivity contribution is -0.136. The number of rotatable bonds is 4. The van der Waals surface area contributed by atoms with E-state index in [0.29, 0.717) is 12.0 Å². The minimum absolute atomic E-state index is 0.0120. The van der Waals surface area contributed by atoms with Gasteiger partial charge in [0, 0.05) is 36.0 Å². The predicted octanol–water partition coefficient (Wildman–Crippen LogP) is 3.53. The van der Waals surface area contributed by atoms with Crippen molar-refractivity contribution in [3.05, 3.63) is 23.8 Å². The fourth-order valence-electron chi connectivity index (χ4n) is 2.95. The number of aromatic nitrogens is 2. The quantitative estimate of drug-likeness (QED) is 0.796. The number of carbonyl (C=O) groups excluding carboxylic acids is 1. The van der Waals surface area contributed by atoms with Gasteiger partial charge in [0.25, 0.3) is 0 Å².